The summed E-state index contributed by atoms with van der Waals surface area (Å²) in [6, 6.07) is 16.2. The number of ether oxygens (including phenoxy) is 1. The molecule has 0 radical (unpaired) electrons. The second kappa shape index (κ2) is 7.20. The molecule has 0 aliphatic rings. The van der Waals surface area contributed by atoms with Gasteiger partial charge in [0.25, 0.3) is 0 Å². The van der Waals surface area contributed by atoms with Crippen LogP contribution in [0.25, 0.3) is 6.08 Å². The van der Waals surface area contributed by atoms with Crippen LogP contribution in [0.5, 0.6) is 0 Å². The van der Waals surface area contributed by atoms with E-state index < -0.39 is 5.97 Å². The van der Waals surface area contributed by atoms with Crippen molar-refractivity contribution in [1.82, 2.24) is 0 Å². The summed E-state index contributed by atoms with van der Waals surface area (Å²) in [7, 11) is 0. The van der Waals surface area contributed by atoms with Crippen LogP contribution in [0.3, 0.4) is 0 Å². The molecule has 0 atom stereocenters. The Morgan fingerprint density at radius 2 is 1.57 bits per heavy atom. The second-order valence-electron chi connectivity index (χ2n) is 4.37. The van der Waals surface area contributed by atoms with Gasteiger partial charge in [-0.15, -0.1) is 0 Å². The lowest BCUT2D eigenvalue weighted by molar-refractivity contribution is 0.0523. The Morgan fingerprint density at radius 3 is 2.24 bits per heavy atom. The summed E-state index contributed by atoms with van der Waals surface area (Å²) in [5.74, 6) is -0.697. The van der Waals surface area contributed by atoms with Gasteiger partial charge in [0.1, 0.15) is 0 Å². The molecule has 3 heteroatoms. The van der Waals surface area contributed by atoms with E-state index in [0.717, 1.165) is 5.56 Å². The Labute approximate surface area is 123 Å². The van der Waals surface area contributed by atoms with Crippen molar-refractivity contribution in [3.05, 3.63) is 77.4 Å². The van der Waals surface area contributed by atoms with Crippen LogP contribution in [0.2, 0.25) is 0 Å². The van der Waals surface area contributed by atoms with E-state index in [-0.39, 0.29) is 12.4 Å². The zero-order chi connectivity index (χ0) is 15.1. The van der Waals surface area contributed by atoms with Crippen molar-refractivity contribution in [3.63, 3.8) is 0 Å². The molecule has 2 rings (SSSR count). The smallest absolute Gasteiger partial charge is 0.338 e. The summed E-state index contributed by atoms with van der Waals surface area (Å²) in [6.45, 7) is 2.01. The standard InChI is InChI=1S/C18H16O3/c1-2-21-18(20)16-11-7-6-10-15(16)17(19)13-12-14-8-4-3-5-9-14/h3-13H,2H2,1H3. The third-order valence-electron chi connectivity index (χ3n) is 2.91. The van der Waals surface area contributed by atoms with Crippen LogP contribution in [-0.2, 0) is 4.74 Å². The molecule has 0 spiro atoms. The Hall–Kier alpha value is -2.68. The number of rotatable bonds is 5. The quantitative estimate of drug-likeness (QED) is 0.476. The maximum Gasteiger partial charge on any atom is 0.338 e. The average molecular weight is 280 g/mol. The molecule has 2 aromatic carbocycles. The number of benzene rings is 2. The first-order valence-electron chi connectivity index (χ1n) is 6.76. The fourth-order valence-electron chi connectivity index (χ4n) is 1.91. The number of hydrogen-bond acceptors (Lipinski definition) is 3. The Morgan fingerprint density at radius 1 is 0.952 bits per heavy atom. The van der Waals surface area contributed by atoms with Crippen LogP contribution in [0.1, 0.15) is 33.2 Å². The highest BCUT2D eigenvalue weighted by Gasteiger charge is 2.15. The average Bonchev–Trinajstić information content (AvgIpc) is 2.54. The van der Waals surface area contributed by atoms with E-state index >= 15 is 0 Å². The van der Waals surface area contributed by atoms with Crippen LogP contribution in [0.15, 0.2) is 60.7 Å². The van der Waals surface area contributed by atoms with Gasteiger partial charge in [0.2, 0.25) is 0 Å². The van der Waals surface area contributed by atoms with Crippen LogP contribution in [0.4, 0.5) is 0 Å². The third-order valence-corrected chi connectivity index (χ3v) is 2.91. The molecule has 0 aliphatic carbocycles. The number of ketones is 1. The van der Waals surface area contributed by atoms with E-state index in [0.29, 0.717) is 11.1 Å². The maximum atomic E-state index is 12.3. The minimum Gasteiger partial charge on any atom is -0.462 e. The Balaban J connectivity index is 2.24. The minimum atomic E-state index is -0.477. The molecular formula is C18H16O3. The summed E-state index contributed by atoms with van der Waals surface area (Å²) < 4.78 is 4.97. The Kier molecular flexibility index (Phi) is 5.04. The van der Waals surface area contributed by atoms with Crippen molar-refractivity contribution < 1.29 is 14.3 Å². The van der Waals surface area contributed by atoms with Crippen molar-refractivity contribution >= 4 is 17.8 Å². The van der Waals surface area contributed by atoms with Crippen LogP contribution in [0, 0.1) is 0 Å². The first-order chi connectivity index (χ1) is 10.2. The highest BCUT2D eigenvalue weighted by molar-refractivity contribution is 6.12. The van der Waals surface area contributed by atoms with Gasteiger partial charge in [-0.1, -0.05) is 54.6 Å². The van der Waals surface area contributed by atoms with Gasteiger partial charge in [0, 0.05) is 5.56 Å². The van der Waals surface area contributed by atoms with Gasteiger partial charge >= 0.3 is 5.97 Å². The molecule has 0 aliphatic heterocycles. The van der Waals surface area contributed by atoms with Gasteiger partial charge in [-0.25, -0.2) is 4.79 Å². The van der Waals surface area contributed by atoms with Gasteiger partial charge in [-0.2, -0.15) is 0 Å². The van der Waals surface area contributed by atoms with E-state index in [2.05, 4.69) is 0 Å². The topological polar surface area (TPSA) is 43.4 Å². The van der Waals surface area contributed by atoms with Crippen LogP contribution < -0.4 is 0 Å². The molecule has 0 N–H and O–H groups in total. The summed E-state index contributed by atoms with van der Waals surface area (Å²) in [5, 5.41) is 0. The molecule has 0 bridgehead atoms. The number of carbonyl (C=O) groups excluding carboxylic acids is 2. The highest BCUT2D eigenvalue weighted by Crippen LogP contribution is 2.13. The summed E-state index contributed by atoms with van der Waals surface area (Å²) in [4.78, 5) is 24.1. The summed E-state index contributed by atoms with van der Waals surface area (Å²) in [6.07, 6.45) is 3.19. The normalized spacial score (nSPS) is 10.5. The zero-order valence-corrected chi connectivity index (χ0v) is 11.8. The number of carbonyl (C=O) groups is 2. The lowest BCUT2D eigenvalue weighted by atomic mass is 10.0. The summed E-state index contributed by atoms with van der Waals surface area (Å²) >= 11 is 0. The molecule has 3 nitrogen and oxygen atoms in total. The molecule has 0 aromatic heterocycles. The molecule has 0 heterocycles. The van der Waals surface area contributed by atoms with Crippen molar-refractivity contribution in [3.8, 4) is 0 Å². The Bertz CT molecular complexity index is 657. The monoisotopic (exact) mass is 280 g/mol. The van der Waals surface area contributed by atoms with E-state index in [1.807, 2.05) is 30.3 Å². The number of esters is 1. The number of hydrogen-bond donors (Lipinski definition) is 0. The third kappa shape index (κ3) is 3.89. The first kappa shape index (κ1) is 14.7. The molecule has 2 aromatic rings. The fraction of sp³-hybridized carbons (Fsp3) is 0.111. The van der Waals surface area contributed by atoms with Crippen molar-refractivity contribution in [2.24, 2.45) is 0 Å². The molecule has 106 valence electrons. The largest absolute Gasteiger partial charge is 0.462 e. The maximum absolute atomic E-state index is 12.3. The molecule has 0 unspecified atom stereocenters. The van der Waals surface area contributed by atoms with E-state index in [1.165, 1.54) is 6.08 Å². The minimum absolute atomic E-state index is 0.220. The van der Waals surface area contributed by atoms with E-state index in [4.69, 9.17) is 4.74 Å². The van der Waals surface area contributed by atoms with Crippen molar-refractivity contribution in [2.75, 3.05) is 6.61 Å². The predicted molar refractivity (Wildman–Crippen MR) is 82.2 cm³/mol. The van der Waals surface area contributed by atoms with E-state index in [1.54, 1.807) is 37.3 Å². The molecule has 0 saturated heterocycles. The lowest BCUT2D eigenvalue weighted by Gasteiger charge is -2.05. The first-order valence-corrected chi connectivity index (χ1v) is 6.76. The van der Waals surface area contributed by atoms with Crippen molar-refractivity contribution in [2.45, 2.75) is 6.92 Å². The second-order valence-corrected chi connectivity index (χ2v) is 4.37. The zero-order valence-electron chi connectivity index (χ0n) is 11.8. The van der Waals surface area contributed by atoms with Gasteiger partial charge in [0.05, 0.1) is 12.2 Å². The highest BCUT2D eigenvalue weighted by atomic mass is 16.5. The molecule has 0 fully saturated rings. The van der Waals surface area contributed by atoms with Crippen LogP contribution in [-0.4, -0.2) is 18.4 Å². The van der Waals surface area contributed by atoms with Crippen molar-refractivity contribution in [1.29, 1.82) is 0 Å². The predicted octanol–water partition coefficient (Wildman–Crippen LogP) is 3.76. The van der Waals surface area contributed by atoms with E-state index in [9.17, 15) is 9.59 Å². The molecule has 0 amide bonds. The molecule has 21 heavy (non-hydrogen) atoms. The number of allylic oxidation sites excluding steroid dienone is 1. The van der Waals surface area contributed by atoms with Gasteiger partial charge in [0.15, 0.2) is 5.78 Å². The SMILES string of the molecule is CCOC(=O)c1ccccc1C(=O)C=Cc1ccccc1. The molecule has 0 saturated carbocycles. The summed E-state index contributed by atoms with van der Waals surface area (Å²) in [5.41, 5.74) is 1.57. The van der Waals surface area contributed by atoms with Crippen LogP contribution >= 0.6 is 0 Å². The lowest BCUT2D eigenvalue weighted by Crippen LogP contribution is -2.10. The van der Waals surface area contributed by atoms with Gasteiger partial charge < -0.3 is 4.74 Å². The molecular weight excluding hydrogens is 264 g/mol. The fourth-order valence-corrected chi connectivity index (χ4v) is 1.91. The van der Waals surface area contributed by atoms with Gasteiger partial charge in [-0.05, 0) is 24.6 Å². The van der Waals surface area contributed by atoms with Gasteiger partial charge in [-0.3, -0.25) is 4.79 Å².